The van der Waals surface area contributed by atoms with Crippen LogP contribution >= 0.6 is 0 Å². The lowest BCUT2D eigenvalue weighted by molar-refractivity contribution is 0.0841. The number of Topliss-reactive ketones (excluding diaryl/α,β-unsaturated/α-hetero) is 1. The molecule has 0 saturated heterocycles. The van der Waals surface area contributed by atoms with Crippen molar-refractivity contribution in [2.75, 3.05) is 0 Å². The first-order valence-electron chi connectivity index (χ1n) is 10.2. The molecule has 0 radical (unpaired) electrons. The van der Waals surface area contributed by atoms with E-state index in [0.717, 1.165) is 17.2 Å². The minimum Gasteiger partial charge on any atom is -0.508 e. The maximum Gasteiger partial charge on any atom is 0.174 e. The summed E-state index contributed by atoms with van der Waals surface area (Å²) in [6.45, 7) is 7.91. The molecule has 0 bridgehead atoms. The van der Waals surface area contributed by atoms with Gasteiger partial charge in [-0.2, -0.15) is 0 Å². The molecule has 1 atom stereocenters. The molecule has 31 heavy (non-hydrogen) atoms. The Morgan fingerprint density at radius 1 is 1.19 bits per heavy atom. The number of hydrogen-bond donors (Lipinski definition) is 3. The van der Waals surface area contributed by atoms with Gasteiger partial charge in [0.15, 0.2) is 5.78 Å². The first-order valence-corrected chi connectivity index (χ1v) is 10.2. The average Bonchev–Trinajstić information content (AvgIpc) is 2.65. The molecule has 3 N–H and O–H groups in total. The third-order valence-electron chi connectivity index (χ3n) is 5.47. The number of ether oxygens (including phenoxy) is 2. The number of aromatic hydroxyl groups is 3. The average molecular weight is 422 g/mol. The second-order valence-electron chi connectivity index (χ2n) is 8.81. The van der Waals surface area contributed by atoms with Crippen LogP contribution in [0.4, 0.5) is 0 Å². The van der Waals surface area contributed by atoms with Crippen LogP contribution in [0.1, 0.15) is 67.3 Å². The lowest BCUT2D eigenvalue weighted by atomic mass is 9.89. The van der Waals surface area contributed by atoms with Gasteiger partial charge >= 0.3 is 0 Å². The van der Waals surface area contributed by atoms with Crippen LogP contribution in [0.15, 0.2) is 35.9 Å². The molecule has 6 heteroatoms. The van der Waals surface area contributed by atoms with Crippen molar-refractivity contribution in [2.45, 2.75) is 52.2 Å². The summed E-state index contributed by atoms with van der Waals surface area (Å²) in [4.78, 5) is 12.7. The van der Waals surface area contributed by atoms with E-state index in [1.807, 2.05) is 45.9 Å². The maximum absolute atomic E-state index is 12.7. The molecule has 2 aliphatic rings. The summed E-state index contributed by atoms with van der Waals surface area (Å²) >= 11 is 0. The Kier molecular flexibility index (Phi) is 4.96. The number of benzene rings is 2. The first-order chi connectivity index (χ1) is 14.6. The van der Waals surface area contributed by atoms with Gasteiger partial charge in [0.05, 0.1) is 12.0 Å². The largest absolute Gasteiger partial charge is 0.508 e. The van der Waals surface area contributed by atoms with E-state index in [-0.39, 0.29) is 40.8 Å². The number of hydrogen-bond acceptors (Lipinski definition) is 6. The van der Waals surface area contributed by atoms with Crippen LogP contribution in [-0.4, -0.2) is 26.7 Å². The Labute approximate surface area is 181 Å². The number of phenolic OH excluding ortho intramolecular Hbond substituents is 3. The summed E-state index contributed by atoms with van der Waals surface area (Å²) in [5.41, 5.74) is 2.58. The van der Waals surface area contributed by atoms with E-state index in [1.165, 1.54) is 6.07 Å². The molecular weight excluding hydrogens is 396 g/mol. The van der Waals surface area contributed by atoms with Crippen LogP contribution in [0.5, 0.6) is 28.7 Å². The molecule has 0 aromatic heterocycles. The number of phenols is 3. The lowest BCUT2D eigenvalue weighted by Gasteiger charge is -2.32. The van der Waals surface area contributed by atoms with Crippen LogP contribution in [-0.2, 0) is 6.42 Å². The van der Waals surface area contributed by atoms with Gasteiger partial charge in [-0.25, -0.2) is 0 Å². The summed E-state index contributed by atoms with van der Waals surface area (Å²) in [6.07, 6.45) is 5.57. The van der Waals surface area contributed by atoms with Gasteiger partial charge in [-0.1, -0.05) is 11.6 Å². The Hall–Kier alpha value is -3.41. The van der Waals surface area contributed by atoms with Crippen LogP contribution in [0.3, 0.4) is 0 Å². The third kappa shape index (κ3) is 3.85. The quantitative estimate of drug-likeness (QED) is 0.588. The summed E-state index contributed by atoms with van der Waals surface area (Å²) in [5.74, 6) is -0.148. The van der Waals surface area contributed by atoms with Crippen molar-refractivity contribution >= 4 is 11.9 Å². The highest BCUT2D eigenvalue weighted by Crippen LogP contribution is 2.48. The molecule has 0 saturated carbocycles. The van der Waals surface area contributed by atoms with E-state index in [4.69, 9.17) is 9.47 Å². The van der Waals surface area contributed by atoms with Crippen molar-refractivity contribution in [1.29, 1.82) is 0 Å². The van der Waals surface area contributed by atoms with Crippen molar-refractivity contribution in [3.63, 3.8) is 0 Å². The molecule has 162 valence electrons. The highest BCUT2D eigenvalue weighted by molar-refractivity contribution is 6.02. The SMILES string of the molecule is CC(C)=CCc1cc([C@H]2CC(=O)c3c(O)cc(O)cc3O2)c(O)c2c1OC(C)(C)C=C2. The fraction of sp³-hybridized carbons (Fsp3) is 0.320. The number of ketones is 1. The van der Waals surface area contributed by atoms with Gasteiger partial charge in [-0.15, -0.1) is 0 Å². The summed E-state index contributed by atoms with van der Waals surface area (Å²) in [6, 6.07) is 4.22. The van der Waals surface area contributed by atoms with E-state index in [1.54, 1.807) is 0 Å². The minimum atomic E-state index is -0.764. The standard InChI is InChI=1S/C25H26O6/c1-13(2)5-6-14-9-17(23(29)16-7-8-25(3,4)31-24(14)16)20-12-19(28)22-18(27)10-15(26)11-21(22)30-20/h5,7-11,20,26-27,29H,6,12H2,1-4H3/t20-/m1/s1. The molecule has 2 heterocycles. The van der Waals surface area contributed by atoms with Crippen LogP contribution in [0.25, 0.3) is 6.08 Å². The number of allylic oxidation sites excluding steroid dienone is 2. The van der Waals surface area contributed by atoms with Gasteiger partial charge in [-0.05, 0) is 57.9 Å². The molecule has 0 amide bonds. The Morgan fingerprint density at radius 3 is 2.65 bits per heavy atom. The molecule has 0 fully saturated rings. The summed E-state index contributed by atoms with van der Waals surface area (Å²) < 4.78 is 12.1. The van der Waals surface area contributed by atoms with Crippen molar-refractivity contribution in [1.82, 2.24) is 0 Å². The van der Waals surface area contributed by atoms with Crippen molar-refractivity contribution in [3.8, 4) is 28.7 Å². The molecule has 0 spiro atoms. The van der Waals surface area contributed by atoms with Gasteiger partial charge in [0, 0.05) is 17.7 Å². The Morgan fingerprint density at radius 2 is 1.94 bits per heavy atom. The van der Waals surface area contributed by atoms with E-state index < -0.39 is 11.7 Å². The van der Waals surface area contributed by atoms with Crippen molar-refractivity contribution in [3.05, 3.63) is 58.2 Å². The zero-order valence-corrected chi connectivity index (χ0v) is 18.0. The van der Waals surface area contributed by atoms with Gasteiger partial charge in [-0.3, -0.25) is 4.79 Å². The Balaban J connectivity index is 1.83. The van der Waals surface area contributed by atoms with Gasteiger partial charge < -0.3 is 24.8 Å². The molecule has 6 nitrogen and oxygen atoms in total. The molecule has 4 rings (SSSR count). The zero-order chi connectivity index (χ0) is 22.5. The predicted molar refractivity (Wildman–Crippen MR) is 117 cm³/mol. The van der Waals surface area contributed by atoms with Crippen LogP contribution in [0.2, 0.25) is 0 Å². The molecule has 0 unspecified atom stereocenters. The number of fused-ring (bicyclic) bond motifs is 2. The number of carbonyl (C=O) groups is 1. The molecule has 2 aromatic rings. The van der Waals surface area contributed by atoms with E-state index in [2.05, 4.69) is 6.08 Å². The molecule has 2 aromatic carbocycles. The second kappa shape index (κ2) is 7.38. The molecule has 0 aliphatic carbocycles. The highest BCUT2D eigenvalue weighted by atomic mass is 16.5. The maximum atomic E-state index is 12.7. The number of carbonyl (C=O) groups excluding carboxylic acids is 1. The van der Waals surface area contributed by atoms with Gasteiger partial charge in [0.2, 0.25) is 0 Å². The normalized spacial score (nSPS) is 18.5. The van der Waals surface area contributed by atoms with Crippen molar-refractivity contribution in [2.24, 2.45) is 0 Å². The van der Waals surface area contributed by atoms with Gasteiger partial charge in [0.1, 0.15) is 46.0 Å². The summed E-state index contributed by atoms with van der Waals surface area (Å²) in [5, 5.41) is 30.9. The second-order valence-corrected chi connectivity index (χ2v) is 8.81. The van der Waals surface area contributed by atoms with Crippen LogP contribution in [0, 0.1) is 0 Å². The lowest BCUT2D eigenvalue weighted by Crippen LogP contribution is -2.28. The van der Waals surface area contributed by atoms with Gasteiger partial charge in [0.25, 0.3) is 0 Å². The monoisotopic (exact) mass is 422 g/mol. The molecule has 2 aliphatic heterocycles. The first kappa shape index (κ1) is 20.8. The predicted octanol–water partition coefficient (Wildman–Crippen LogP) is 5.20. The zero-order valence-electron chi connectivity index (χ0n) is 18.0. The van der Waals surface area contributed by atoms with Crippen molar-refractivity contribution < 1.29 is 29.6 Å². The molecular formula is C25H26O6. The highest BCUT2D eigenvalue weighted by Gasteiger charge is 2.35. The fourth-order valence-corrected chi connectivity index (χ4v) is 3.92. The smallest absolute Gasteiger partial charge is 0.174 e. The van der Waals surface area contributed by atoms with Crippen LogP contribution < -0.4 is 9.47 Å². The van der Waals surface area contributed by atoms with E-state index in [9.17, 15) is 20.1 Å². The Bertz CT molecular complexity index is 1140. The summed E-state index contributed by atoms with van der Waals surface area (Å²) in [7, 11) is 0. The third-order valence-corrected chi connectivity index (χ3v) is 5.47. The minimum absolute atomic E-state index is 0.00618. The fourth-order valence-electron chi connectivity index (χ4n) is 3.92. The van der Waals surface area contributed by atoms with E-state index >= 15 is 0 Å². The van der Waals surface area contributed by atoms with E-state index in [0.29, 0.717) is 23.3 Å². The number of rotatable bonds is 3. The topological polar surface area (TPSA) is 96.2 Å².